The summed E-state index contributed by atoms with van der Waals surface area (Å²) in [5.41, 5.74) is -4.08. The number of nitrogens with zero attached hydrogens (tertiary/aromatic N) is 2. The van der Waals surface area contributed by atoms with Crippen LogP contribution in [-0.2, 0) is 11.0 Å². The fourth-order valence-corrected chi connectivity index (χ4v) is 2.13. The third-order valence-corrected chi connectivity index (χ3v) is 3.80. The minimum Gasteiger partial charge on any atom is -0.319 e. The van der Waals surface area contributed by atoms with Crippen molar-refractivity contribution in [1.82, 2.24) is 9.78 Å². The van der Waals surface area contributed by atoms with Gasteiger partial charge in [-0.2, -0.15) is 18.3 Å². The molecule has 1 unspecified atom stereocenters. The first-order valence-electron chi connectivity index (χ1n) is 6.81. The Hall–Kier alpha value is -2.30. The van der Waals surface area contributed by atoms with Crippen LogP contribution in [0.2, 0.25) is 5.02 Å². The van der Waals surface area contributed by atoms with Gasteiger partial charge in [0.05, 0.1) is 10.7 Å². The summed E-state index contributed by atoms with van der Waals surface area (Å²) in [6, 6.07) is -1.24. The third kappa shape index (κ3) is 3.48. The smallest absolute Gasteiger partial charge is 0.319 e. The van der Waals surface area contributed by atoms with E-state index >= 15 is 0 Å². The summed E-state index contributed by atoms with van der Waals surface area (Å²) in [5, 5.41) is 5.54. The number of benzene rings is 1. The van der Waals surface area contributed by atoms with Crippen LogP contribution in [0.3, 0.4) is 0 Å². The van der Waals surface area contributed by atoms with Crippen molar-refractivity contribution in [3.05, 3.63) is 45.7 Å². The van der Waals surface area contributed by atoms with Crippen LogP contribution in [0.25, 0.3) is 0 Å². The van der Waals surface area contributed by atoms with Gasteiger partial charge in [0.25, 0.3) is 0 Å². The normalized spacial score (nSPS) is 13.0. The van der Waals surface area contributed by atoms with Crippen LogP contribution >= 0.6 is 11.6 Å². The molecular formula is C14H9ClF7N3O. The molecule has 0 bridgehead atoms. The highest BCUT2D eigenvalue weighted by molar-refractivity contribution is 6.31. The number of halogens is 8. The molecule has 1 N–H and O–H groups in total. The molecule has 1 heterocycles. The van der Waals surface area contributed by atoms with Gasteiger partial charge in [0.2, 0.25) is 5.91 Å². The number of rotatable bonds is 3. The minimum atomic E-state index is -5.67. The van der Waals surface area contributed by atoms with Gasteiger partial charge in [0, 0.05) is 6.20 Å². The highest BCUT2D eigenvalue weighted by Gasteiger charge is 2.42. The number of aromatic nitrogens is 2. The Morgan fingerprint density at radius 1 is 1.15 bits per heavy atom. The summed E-state index contributed by atoms with van der Waals surface area (Å²) >= 11 is 5.75. The predicted molar refractivity (Wildman–Crippen MR) is 76.6 cm³/mol. The Morgan fingerprint density at radius 2 is 1.65 bits per heavy atom. The number of anilines is 1. The van der Waals surface area contributed by atoms with Gasteiger partial charge in [-0.1, -0.05) is 11.6 Å². The fraction of sp³-hybridized carbons (Fsp3) is 0.286. The lowest BCUT2D eigenvalue weighted by molar-refractivity contribution is -0.143. The predicted octanol–water partition coefficient (Wildman–Crippen LogP) is 4.62. The van der Waals surface area contributed by atoms with E-state index < -0.39 is 52.6 Å². The van der Waals surface area contributed by atoms with Crippen LogP contribution in [0.1, 0.15) is 24.2 Å². The van der Waals surface area contributed by atoms with E-state index in [1.807, 2.05) is 0 Å². The summed E-state index contributed by atoms with van der Waals surface area (Å²) in [5.74, 6) is -11.3. The first kappa shape index (κ1) is 20.0. The molecule has 0 aliphatic carbocycles. The zero-order chi connectivity index (χ0) is 20.0. The quantitative estimate of drug-likeness (QED) is 0.600. The van der Waals surface area contributed by atoms with E-state index in [4.69, 9.17) is 11.6 Å². The summed E-state index contributed by atoms with van der Waals surface area (Å²) in [4.78, 5) is 12.0. The van der Waals surface area contributed by atoms with Crippen molar-refractivity contribution < 1.29 is 35.5 Å². The van der Waals surface area contributed by atoms with E-state index in [1.165, 1.54) is 25.4 Å². The largest absolute Gasteiger partial charge is 0.422 e. The molecule has 12 heteroatoms. The fourth-order valence-electron chi connectivity index (χ4n) is 2.00. The van der Waals surface area contributed by atoms with Gasteiger partial charge in [0.1, 0.15) is 17.3 Å². The Balaban J connectivity index is 2.42. The number of aryl methyl sites for hydroxylation is 1. The van der Waals surface area contributed by atoms with E-state index in [1.54, 1.807) is 0 Å². The van der Waals surface area contributed by atoms with E-state index in [9.17, 15) is 35.5 Å². The molecule has 4 nitrogen and oxygen atoms in total. The maximum atomic E-state index is 13.8. The maximum Gasteiger partial charge on any atom is 0.422 e. The molecule has 2 rings (SSSR count). The molecular weight excluding hydrogens is 395 g/mol. The molecule has 0 spiro atoms. The average Bonchev–Trinajstić information content (AvgIpc) is 2.86. The van der Waals surface area contributed by atoms with Crippen molar-refractivity contribution >= 4 is 23.2 Å². The Bertz CT molecular complexity index is 830. The molecule has 0 radical (unpaired) electrons. The molecule has 0 aliphatic heterocycles. The monoisotopic (exact) mass is 403 g/mol. The van der Waals surface area contributed by atoms with E-state index in [2.05, 4.69) is 5.10 Å². The molecule has 0 saturated heterocycles. The second-order valence-electron chi connectivity index (χ2n) is 5.21. The number of amides is 1. The number of carbonyl (C=O) groups excluding carboxylic acids is 1. The minimum absolute atomic E-state index is 0.175. The third-order valence-electron chi connectivity index (χ3n) is 3.43. The molecule has 1 aromatic heterocycles. The van der Waals surface area contributed by atoms with Crippen LogP contribution in [0.4, 0.5) is 36.4 Å². The molecule has 1 aromatic carbocycles. The Morgan fingerprint density at radius 3 is 2.04 bits per heavy atom. The average molecular weight is 404 g/mol. The van der Waals surface area contributed by atoms with E-state index in [0.29, 0.717) is 5.69 Å². The zero-order valence-corrected chi connectivity index (χ0v) is 13.7. The zero-order valence-electron chi connectivity index (χ0n) is 13.0. The first-order chi connectivity index (χ1) is 11.9. The lowest BCUT2D eigenvalue weighted by atomic mass is 10.1. The Labute approximate surface area is 146 Å². The van der Waals surface area contributed by atoms with Crippen LogP contribution in [-0.4, -0.2) is 15.7 Å². The number of hydrogen-bond acceptors (Lipinski definition) is 2. The van der Waals surface area contributed by atoms with Crippen LogP contribution in [0.5, 0.6) is 0 Å². The number of hydrogen-bond donors (Lipinski definition) is 1. The number of carbonyl (C=O) groups is 1. The number of alkyl halides is 3. The van der Waals surface area contributed by atoms with Gasteiger partial charge in [-0.25, -0.2) is 17.6 Å². The van der Waals surface area contributed by atoms with Crippen molar-refractivity contribution in [2.45, 2.75) is 26.1 Å². The molecule has 0 fully saturated rings. The van der Waals surface area contributed by atoms with Gasteiger partial charge < -0.3 is 5.32 Å². The van der Waals surface area contributed by atoms with Crippen LogP contribution < -0.4 is 5.32 Å². The van der Waals surface area contributed by atoms with Crippen molar-refractivity contribution in [2.24, 2.45) is 0 Å². The summed E-state index contributed by atoms with van der Waals surface area (Å²) in [6.45, 7) is 2.72. The van der Waals surface area contributed by atoms with Crippen LogP contribution in [0.15, 0.2) is 6.20 Å². The summed E-state index contributed by atoms with van der Waals surface area (Å²) < 4.78 is 93.2. The van der Waals surface area contributed by atoms with Crippen molar-refractivity contribution in [2.75, 3.05) is 5.32 Å². The van der Waals surface area contributed by atoms with Gasteiger partial charge in [-0.05, 0) is 13.8 Å². The summed E-state index contributed by atoms with van der Waals surface area (Å²) in [7, 11) is 0. The second-order valence-corrected chi connectivity index (χ2v) is 5.62. The highest BCUT2D eigenvalue weighted by Crippen LogP contribution is 2.38. The lowest BCUT2D eigenvalue weighted by Gasteiger charge is -2.16. The Kier molecular flexibility index (Phi) is 5.22. The molecule has 2 aromatic rings. The lowest BCUT2D eigenvalue weighted by Crippen LogP contribution is -2.26. The van der Waals surface area contributed by atoms with Crippen molar-refractivity contribution in [3.63, 3.8) is 0 Å². The molecule has 0 saturated carbocycles. The van der Waals surface area contributed by atoms with Gasteiger partial charge in [-0.3, -0.25) is 9.48 Å². The second kappa shape index (κ2) is 6.78. The highest BCUT2D eigenvalue weighted by atomic mass is 35.5. The molecule has 26 heavy (non-hydrogen) atoms. The number of nitrogens with one attached hydrogen (secondary N) is 1. The van der Waals surface area contributed by atoms with E-state index in [0.717, 1.165) is 4.68 Å². The standard InChI is InChI=1S/C14H9ClF7N3O/c1-4-6(15)3-25(24-4)5(2)13(26)23-12-10(18)8(16)7(14(20,21)22)9(17)11(12)19/h3,5H,1-2H3,(H,23,26). The van der Waals surface area contributed by atoms with Crippen LogP contribution in [0, 0.1) is 30.2 Å². The van der Waals surface area contributed by atoms with Gasteiger partial charge in [0.15, 0.2) is 23.3 Å². The van der Waals surface area contributed by atoms with E-state index in [-0.39, 0.29) is 5.02 Å². The molecule has 0 aliphatic rings. The molecule has 1 amide bonds. The van der Waals surface area contributed by atoms with Crippen molar-refractivity contribution in [3.8, 4) is 0 Å². The summed E-state index contributed by atoms with van der Waals surface area (Å²) in [6.07, 6.45) is -4.46. The van der Waals surface area contributed by atoms with Crippen molar-refractivity contribution in [1.29, 1.82) is 0 Å². The van der Waals surface area contributed by atoms with Gasteiger partial charge >= 0.3 is 6.18 Å². The topological polar surface area (TPSA) is 46.9 Å². The van der Waals surface area contributed by atoms with Gasteiger partial charge in [-0.15, -0.1) is 0 Å². The SMILES string of the molecule is Cc1nn(C(C)C(=O)Nc2c(F)c(F)c(C(F)(F)F)c(F)c2F)cc1Cl. The first-order valence-corrected chi connectivity index (χ1v) is 7.19. The molecule has 1 atom stereocenters. The maximum absolute atomic E-state index is 13.8. The molecule has 142 valence electrons.